The molecule has 0 amide bonds. The van der Waals surface area contributed by atoms with E-state index >= 15 is 0 Å². The van der Waals surface area contributed by atoms with Gasteiger partial charge in [0.15, 0.2) is 0 Å². The topological polar surface area (TPSA) is 50.9 Å². The number of fused-ring (bicyclic) bond motifs is 1. The number of hydrogen-bond acceptors (Lipinski definition) is 3. The molecular formula is C65H66N3OPt-. The molecule has 7 aromatic carbocycles. The molecule has 0 saturated heterocycles. The van der Waals surface area contributed by atoms with E-state index in [1.54, 1.807) is 36.4 Å². The maximum absolute atomic E-state index is 12.6. The van der Waals surface area contributed by atoms with Crippen LogP contribution in [-0.2, 0) is 42.7 Å². The van der Waals surface area contributed by atoms with Crippen LogP contribution >= 0.6 is 0 Å². The Morgan fingerprint density at radius 1 is 0.514 bits per heavy atom. The predicted octanol–water partition coefficient (Wildman–Crippen LogP) is 17.4. The van der Waals surface area contributed by atoms with Crippen LogP contribution in [0.5, 0.6) is 5.75 Å². The second-order valence-electron chi connectivity index (χ2n) is 21.2. The van der Waals surface area contributed by atoms with Gasteiger partial charge in [-0.05, 0) is 115 Å². The van der Waals surface area contributed by atoms with Crippen molar-refractivity contribution in [3.63, 3.8) is 0 Å². The van der Waals surface area contributed by atoms with Crippen LogP contribution in [0.15, 0.2) is 158 Å². The second-order valence-corrected chi connectivity index (χ2v) is 21.2. The van der Waals surface area contributed by atoms with Gasteiger partial charge in [0.05, 0.1) is 22.3 Å². The molecule has 2 heterocycles. The number of hydrogen-bond donors (Lipinski definition) is 1. The van der Waals surface area contributed by atoms with Gasteiger partial charge in [0.1, 0.15) is 11.6 Å². The SMILES string of the molecule is [2H]C([2H])([2H])c1cc(-c2ccccc2)ccc1-n1c(-c2cc(C(C)(C)C)cc(C(C)(C)C)c2O)nc2c(-c3[c-]c(-c4cc(-c5cc(-c6ccccc6)ccc5C(C([2H])([2H])[2H])(C([2H])([2H])[2H])C([2H])([2H])[2H])ccn4)cc(C(C)(C)C)c3)cccc21.[Pt]. The number of phenols is 1. The van der Waals surface area contributed by atoms with Gasteiger partial charge in [0, 0.05) is 55.0 Å². The molecule has 0 bridgehead atoms. The quantitative estimate of drug-likeness (QED) is 0.162. The number of benzene rings is 7. The molecule has 1 N–H and O–H groups in total. The van der Waals surface area contributed by atoms with Crippen LogP contribution in [0.1, 0.15) is 127 Å². The summed E-state index contributed by atoms with van der Waals surface area (Å²) in [6.07, 6.45) is 1.52. The smallest absolute Gasteiger partial charge is 0.148 e. The van der Waals surface area contributed by atoms with Crippen molar-refractivity contribution in [2.24, 2.45) is 0 Å². The van der Waals surface area contributed by atoms with Crippen LogP contribution in [0.2, 0.25) is 0 Å². The van der Waals surface area contributed by atoms with Gasteiger partial charge in [-0.2, -0.15) is 0 Å². The molecule has 0 unspecified atom stereocenters. The number of nitrogens with zero attached hydrogens (tertiary/aromatic N) is 3. The zero-order valence-electron chi connectivity index (χ0n) is 53.1. The van der Waals surface area contributed by atoms with E-state index in [4.69, 9.17) is 26.4 Å². The first kappa shape index (κ1) is 36.6. The minimum absolute atomic E-state index is 0. The minimum atomic E-state index is -3.52. The van der Waals surface area contributed by atoms with Gasteiger partial charge in [-0.3, -0.25) is 9.55 Å². The van der Waals surface area contributed by atoms with Gasteiger partial charge in [-0.15, -0.1) is 29.3 Å². The Kier molecular flexibility index (Phi) is 9.80. The van der Waals surface area contributed by atoms with E-state index in [9.17, 15) is 5.11 Å². The normalized spacial score (nSPS) is 15.6. The van der Waals surface area contributed by atoms with Crippen molar-refractivity contribution in [2.45, 2.75) is 111 Å². The summed E-state index contributed by atoms with van der Waals surface area (Å²) in [7, 11) is 0. The monoisotopic (exact) mass is 1110 g/mol. The zero-order chi connectivity index (χ0) is 59.2. The molecule has 0 aliphatic carbocycles. The fraction of sp³-hybridized carbons (Fsp3) is 0.262. The molecular weight excluding hydrogens is 1030 g/mol. The number of phenolic OH excluding ortho intramolecular Hbond substituents is 1. The number of aromatic hydroxyl groups is 1. The molecule has 9 aromatic rings. The Bertz CT molecular complexity index is 3800. The third kappa shape index (κ3) is 9.86. The molecule has 0 saturated carbocycles. The average Bonchev–Trinajstić information content (AvgIpc) is 3.88. The molecule has 5 heteroatoms. The Morgan fingerprint density at radius 3 is 1.77 bits per heavy atom. The van der Waals surface area contributed by atoms with Crippen LogP contribution in [0.4, 0.5) is 0 Å². The van der Waals surface area contributed by atoms with Gasteiger partial charge in [0.25, 0.3) is 0 Å². The number of pyridine rings is 1. The summed E-state index contributed by atoms with van der Waals surface area (Å²) in [4.78, 5) is 10.3. The number of rotatable bonds is 7. The fourth-order valence-electron chi connectivity index (χ4n) is 9.04. The summed E-state index contributed by atoms with van der Waals surface area (Å²) in [5.74, 6) is 0.340. The van der Waals surface area contributed by atoms with Gasteiger partial charge < -0.3 is 5.11 Å². The number of aromatic nitrogens is 3. The fourth-order valence-corrected chi connectivity index (χ4v) is 9.04. The molecule has 0 aliphatic heterocycles. The summed E-state index contributed by atoms with van der Waals surface area (Å²) >= 11 is 0. The molecule has 358 valence electrons. The Morgan fingerprint density at radius 2 is 1.14 bits per heavy atom. The average molecular weight is 1110 g/mol. The number of imidazole rings is 1. The van der Waals surface area contributed by atoms with Gasteiger partial charge >= 0.3 is 0 Å². The summed E-state index contributed by atoms with van der Waals surface area (Å²) in [5.41, 5.74) is 4.82. The molecule has 0 fully saturated rings. The molecule has 2 aromatic heterocycles. The first-order valence-corrected chi connectivity index (χ1v) is 23.4. The van der Waals surface area contributed by atoms with Crippen molar-refractivity contribution >= 4 is 11.0 Å². The molecule has 0 spiro atoms. The van der Waals surface area contributed by atoms with E-state index in [1.165, 1.54) is 12.3 Å². The van der Waals surface area contributed by atoms with Gasteiger partial charge in [-0.1, -0.05) is 197 Å². The Balaban J connectivity index is 0.00000880. The van der Waals surface area contributed by atoms with Crippen molar-refractivity contribution in [1.82, 2.24) is 14.5 Å². The van der Waals surface area contributed by atoms with Crippen molar-refractivity contribution in [3.05, 3.63) is 192 Å². The summed E-state index contributed by atoms with van der Waals surface area (Å²) < 4.78 is 107. The molecule has 0 radical (unpaired) electrons. The van der Waals surface area contributed by atoms with Crippen molar-refractivity contribution in [1.29, 1.82) is 0 Å². The van der Waals surface area contributed by atoms with E-state index < -0.39 is 43.7 Å². The molecule has 0 atom stereocenters. The van der Waals surface area contributed by atoms with Crippen molar-refractivity contribution in [2.75, 3.05) is 0 Å². The maximum Gasteiger partial charge on any atom is 0.148 e. The summed E-state index contributed by atoms with van der Waals surface area (Å²) in [5, 5.41) is 12.6. The molecule has 70 heavy (non-hydrogen) atoms. The van der Waals surface area contributed by atoms with E-state index in [-0.39, 0.29) is 48.9 Å². The molecule has 9 rings (SSSR count). The van der Waals surface area contributed by atoms with E-state index in [1.807, 2.05) is 135 Å². The van der Waals surface area contributed by atoms with E-state index in [2.05, 4.69) is 47.6 Å². The minimum Gasteiger partial charge on any atom is -0.507 e. The third-order valence-electron chi connectivity index (χ3n) is 13.0. The van der Waals surface area contributed by atoms with Gasteiger partial charge in [-0.25, -0.2) is 4.98 Å². The predicted molar refractivity (Wildman–Crippen MR) is 292 cm³/mol. The Labute approximate surface area is 448 Å². The van der Waals surface area contributed by atoms with Crippen LogP contribution in [0.25, 0.3) is 83.9 Å². The first-order valence-electron chi connectivity index (χ1n) is 29.4. The second kappa shape index (κ2) is 18.8. The first-order chi connectivity index (χ1) is 37.5. The Hall–Kier alpha value is -6.35. The van der Waals surface area contributed by atoms with E-state index in [0.717, 1.165) is 27.8 Å². The van der Waals surface area contributed by atoms with Gasteiger partial charge in [0.2, 0.25) is 0 Å². The van der Waals surface area contributed by atoms with Crippen LogP contribution in [0, 0.1) is 12.9 Å². The number of para-hydroxylation sites is 1. The van der Waals surface area contributed by atoms with Crippen molar-refractivity contribution < 1.29 is 42.6 Å². The summed E-state index contributed by atoms with van der Waals surface area (Å²) in [6.45, 7) is 5.45. The number of aryl methyl sites for hydroxylation is 1. The van der Waals surface area contributed by atoms with E-state index in [0.29, 0.717) is 67.2 Å². The largest absolute Gasteiger partial charge is 0.507 e. The molecule has 4 nitrogen and oxygen atoms in total. The van der Waals surface area contributed by atoms with Crippen LogP contribution in [0.3, 0.4) is 0 Å². The molecule has 0 aliphatic rings. The summed E-state index contributed by atoms with van der Waals surface area (Å²) in [6, 6.07) is 49.3. The van der Waals surface area contributed by atoms with Crippen molar-refractivity contribution in [3.8, 4) is 78.6 Å². The zero-order valence-corrected chi connectivity index (χ0v) is 43.4. The van der Waals surface area contributed by atoms with Crippen LogP contribution in [-0.4, -0.2) is 19.6 Å². The standard InChI is InChI=1S/C65H66N3O.Pt/c1-41-33-44(42-21-16-14-17-22-42)28-30-57(41)68-58-26-20-25-51(59(58)67-61(68)53-39-50(63(5,6)7)40-55(60(53)69)65(11,12)13)47-34-48(36-49(35-47)62(2,3)4)56-38-46(31-32-66-56)52-37-45(43-23-18-15-19-24-43)27-29-54(52)64(8,9)10;/h14-33,35-40,69H,1-13H3;/q-1;/i1D3,8D3,9D3,10D3;. The third-order valence-corrected chi connectivity index (χ3v) is 13.0. The van der Waals surface area contributed by atoms with Crippen LogP contribution < -0.4 is 0 Å². The maximum atomic E-state index is 12.6.